The summed E-state index contributed by atoms with van der Waals surface area (Å²) in [7, 11) is 0. The van der Waals surface area contributed by atoms with Gasteiger partial charge in [0.25, 0.3) is 5.56 Å². The molecule has 5 aromatic rings. The molecule has 4 aromatic heterocycles. The Morgan fingerprint density at radius 1 is 1.27 bits per heavy atom. The van der Waals surface area contributed by atoms with Gasteiger partial charge >= 0.3 is 0 Å². The van der Waals surface area contributed by atoms with Gasteiger partial charge in [-0.05, 0) is 34.5 Å². The maximum atomic E-state index is 13.5. The molecule has 0 bridgehead atoms. The molecular weight excluding hydrogens is 468 g/mol. The Balaban J connectivity index is 1.73. The van der Waals surface area contributed by atoms with E-state index < -0.39 is 0 Å². The van der Waals surface area contributed by atoms with Crippen LogP contribution in [-0.2, 0) is 0 Å². The van der Waals surface area contributed by atoms with E-state index in [2.05, 4.69) is 46.4 Å². The molecule has 4 heterocycles. The lowest BCUT2D eigenvalue weighted by Crippen LogP contribution is -2.28. The molecule has 1 unspecified atom stereocenters. The summed E-state index contributed by atoms with van der Waals surface area (Å²) in [5.74, 6) is 1.70. The average molecular weight is 483 g/mol. The molecule has 1 atom stereocenters. The third kappa shape index (κ3) is 3.06. The van der Waals surface area contributed by atoms with E-state index in [0.29, 0.717) is 44.8 Å². The molecule has 150 valence electrons. The number of anilines is 1. The number of rotatable bonds is 5. The molecule has 1 aromatic carbocycles. The van der Waals surface area contributed by atoms with Gasteiger partial charge in [0.2, 0.25) is 0 Å². The van der Waals surface area contributed by atoms with Crippen molar-refractivity contribution >= 4 is 54.3 Å². The third-order valence-corrected chi connectivity index (χ3v) is 6.16. The lowest BCUT2D eigenvalue weighted by molar-refractivity contribution is 0.653. The van der Waals surface area contributed by atoms with Crippen LogP contribution in [0.2, 0.25) is 0 Å². The van der Waals surface area contributed by atoms with Gasteiger partial charge in [-0.2, -0.15) is 5.10 Å². The van der Waals surface area contributed by atoms with E-state index in [4.69, 9.17) is 4.98 Å². The second-order valence-electron chi connectivity index (χ2n) is 6.52. The molecule has 30 heavy (non-hydrogen) atoms. The van der Waals surface area contributed by atoms with E-state index in [0.717, 1.165) is 4.83 Å². The van der Waals surface area contributed by atoms with E-state index in [9.17, 15) is 4.79 Å². The average Bonchev–Trinajstić information content (AvgIpc) is 3.44. The first-order chi connectivity index (χ1) is 14.7. The van der Waals surface area contributed by atoms with Crippen LogP contribution >= 0.6 is 27.3 Å². The number of H-pyrrole nitrogens is 1. The maximum absolute atomic E-state index is 13.5. The molecule has 0 spiro atoms. The molecule has 0 aliphatic carbocycles. The molecule has 9 nitrogen and oxygen atoms in total. The molecule has 0 fully saturated rings. The van der Waals surface area contributed by atoms with E-state index in [-0.39, 0.29) is 11.6 Å². The van der Waals surface area contributed by atoms with Crippen molar-refractivity contribution in [1.29, 1.82) is 0 Å². The second kappa shape index (κ2) is 7.58. The van der Waals surface area contributed by atoms with Crippen molar-refractivity contribution in [3.63, 3.8) is 0 Å². The number of benzene rings is 1. The van der Waals surface area contributed by atoms with Gasteiger partial charge < -0.3 is 5.32 Å². The van der Waals surface area contributed by atoms with Gasteiger partial charge in [-0.25, -0.2) is 24.5 Å². The number of aromatic nitrogens is 7. The van der Waals surface area contributed by atoms with Crippen LogP contribution in [0.1, 0.15) is 25.2 Å². The van der Waals surface area contributed by atoms with E-state index >= 15 is 0 Å². The van der Waals surface area contributed by atoms with Crippen LogP contribution in [-0.4, -0.2) is 34.7 Å². The fraction of sp³-hybridized carbons (Fsp3) is 0.158. The van der Waals surface area contributed by atoms with Crippen molar-refractivity contribution in [2.75, 3.05) is 5.32 Å². The summed E-state index contributed by atoms with van der Waals surface area (Å²) in [6.07, 6.45) is 3.77. The minimum absolute atomic E-state index is 0.187. The number of halogens is 1. The molecule has 5 rings (SSSR count). The molecule has 0 aliphatic heterocycles. The zero-order valence-corrected chi connectivity index (χ0v) is 18.1. The van der Waals surface area contributed by atoms with Gasteiger partial charge in [0.1, 0.15) is 28.3 Å². The predicted octanol–water partition coefficient (Wildman–Crippen LogP) is 3.83. The zero-order chi connectivity index (χ0) is 20.7. The van der Waals surface area contributed by atoms with Crippen LogP contribution < -0.4 is 10.9 Å². The molecule has 2 N–H and O–H groups in total. The topological polar surface area (TPSA) is 114 Å². The van der Waals surface area contributed by atoms with Gasteiger partial charge in [-0.3, -0.25) is 9.89 Å². The Bertz CT molecular complexity index is 1410. The van der Waals surface area contributed by atoms with Crippen molar-refractivity contribution in [3.05, 3.63) is 63.0 Å². The van der Waals surface area contributed by atoms with Crippen LogP contribution in [0.15, 0.2) is 51.6 Å². The molecule has 0 aliphatic rings. The molecule has 11 heteroatoms. The Labute approximate surface area is 182 Å². The third-order valence-electron chi connectivity index (χ3n) is 4.77. The highest BCUT2D eigenvalue weighted by atomic mass is 79.9. The van der Waals surface area contributed by atoms with Gasteiger partial charge in [0, 0.05) is 10.5 Å². The minimum atomic E-state index is -0.302. The molecule has 0 saturated heterocycles. The lowest BCUT2D eigenvalue weighted by Gasteiger charge is -2.21. The first-order valence-corrected chi connectivity index (χ1v) is 10.9. The summed E-state index contributed by atoms with van der Waals surface area (Å²) in [5.41, 5.74) is 2.85. The number of nitrogens with zero attached hydrogens (tertiary/aromatic N) is 6. The highest BCUT2D eigenvalue weighted by molar-refractivity contribution is 9.10. The predicted molar refractivity (Wildman–Crippen MR) is 119 cm³/mol. The van der Waals surface area contributed by atoms with Crippen molar-refractivity contribution in [2.24, 2.45) is 0 Å². The Morgan fingerprint density at radius 3 is 2.97 bits per heavy atom. The number of aromatic amines is 1. The van der Waals surface area contributed by atoms with Crippen LogP contribution in [0.4, 0.5) is 5.82 Å². The van der Waals surface area contributed by atoms with Crippen LogP contribution in [0, 0.1) is 0 Å². The largest absolute Gasteiger partial charge is 0.358 e. The fourth-order valence-corrected chi connectivity index (χ4v) is 4.51. The summed E-state index contributed by atoms with van der Waals surface area (Å²) >= 11 is 4.93. The quantitative estimate of drug-likeness (QED) is 0.391. The summed E-state index contributed by atoms with van der Waals surface area (Å²) in [6.45, 7) is 2.02. The normalized spacial score (nSPS) is 12.5. The summed E-state index contributed by atoms with van der Waals surface area (Å²) in [6, 6.07) is 6.96. The van der Waals surface area contributed by atoms with Crippen molar-refractivity contribution in [1.82, 2.24) is 34.7 Å². The second-order valence-corrected chi connectivity index (χ2v) is 8.21. The van der Waals surface area contributed by atoms with E-state index in [1.165, 1.54) is 17.7 Å². The standard InChI is InChI=1S/C19H15BrN8OS/c1-2-11(25-16-15-18(22-8-21-16)30-9-23-15)17-26-12-5-3-4-10(20)14(12)19(29)28(17)13-6-7-24-27-13/h3-9,11H,2H2,1H3,(H,24,27)(H,21,22,25). The first kappa shape index (κ1) is 18.8. The summed E-state index contributed by atoms with van der Waals surface area (Å²) in [5, 5.41) is 10.8. The Hall–Kier alpha value is -3.18. The fourth-order valence-electron chi connectivity index (χ4n) is 3.36. The van der Waals surface area contributed by atoms with Gasteiger partial charge in [-0.1, -0.05) is 13.0 Å². The van der Waals surface area contributed by atoms with E-state index in [1.807, 2.05) is 25.1 Å². The number of thiazole rings is 1. The highest BCUT2D eigenvalue weighted by Crippen LogP contribution is 2.28. The highest BCUT2D eigenvalue weighted by Gasteiger charge is 2.23. The SMILES string of the molecule is CCC(Nc1ncnc2scnc12)c1nc2cccc(Br)c2c(=O)n1-c1ccn[nH]1. The lowest BCUT2D eigenvalue weighted by atomic mass is 10.1. The number of hydrogen-bond donors (Lipinski definition) is 2. The van der Waals surface area contributed by atoms with E-state index in [1.54, 1.807) is 22.3 Å². The van der Waals surface area contributed by atoms with Crippen LogP contribution in [0.3, 0.4) is 0 Å². The zero-order valence-electron chi connectivity index (χ0n) is 15.7. The van der Waals surface area contributed by atoms with Crippen LogP contribution in [0.5, 0.6) is 0 Å². The maximum Gasteiger partial charge on any atom is 0.268 e. The molecule has 0 saturated carbocycles. The number of nitrogens with one attached hydrogen (secondary N) is 2. The molecule has 0 radical (unpaired) electrons. The van der Waals surface area contributed by atoms with Gasteiger partial charge in [0.15, 0.2) is 5.82 Å². The minimum Gasteiger partial charge on any atom is -0.358 e. The summed E-state index contributed by atoms with van der Waals surface area (Å²) < 4.78 is 2.25. The van der Waals surface area contributed by atoms with Crippen LogP contribution in [0.25, 0.3) is 27.1 Å². The molecule has 0 amide bonds. The number of hydrogen-bond acceptors (Lipinski definition) is 8. The Kier molecular flexibility index (Phi) is 4.75. The van der Waals surface area contributed by atoms with Crippen molar-refractivity contribution in [3.8, 4) is 5.82 Å². The smallest absolute Gasteiger partial charge is 0.268 e. The monoisotopic (exact) mass is 482 g/mol. The number of fused-ring (bicyclic) bond motifs is 2. The first-order valence-electron chi connectivity index (χ1n) is 9.19. The van der Waals surface area contributed by atoms with Gasteiger partial charge in [0.05, 0.1) is 28.7 Å². The summed E-state index contributed by atoms with van der Waals surface area (Å²) in [4.78, 5) is 32.1. The van der Waals surface area contributed by atoms with Crippen molar-refractivity contribution < 1.29 is 0 Å². The Morgan fingerprint density at radius 2 is 2.17 bits per heavy atom. The van der Waals surface area contributed by atoms with Crippen molar-refractivity contribution in [2.45, 2.75) is 19.4 Å². The van der Waals surface area contributed by atoms with Gasteiger partial charge in [-0.15, -0.1) is 11.3 Å². The molecular formula is C19H15BrN8OS.